The first kappa shape index (κ1) is 11.7. The molecule has 11 heavy (non-hydrogen) atoms. The average molecular weight is 212 g/mol. The first-order valence-corrected chi connectivity index (χ1v) is 6.87. The van der Waals surface area contributed by atoms with Gasteiger partial charge in [0.05, 0.1) is 17.7 Å². The lowest BCUT2D eigenvalue weighted by Crippen LogP contribution is -1.85. The zero-order valence-electron chi connectivity index (χ0n) is 6.66. The van der Waals surface area contributed by atoms with Gasteiger partial charge >= 0.3 is 0 Å². The first-order chi connectivity index (χ1) is 5.31. The van der Waals surface area contributed by atoms with Crippen molar-refractivity contribution in [2.24, 2.45) is 0 Å². The smallest absolute Gasteiger partial charge is 0.200 e. The summed E-state index contributed by atoms with van der Waals surface area (Å²) in [5.74, 6) is 0. The summed E-state index contributed by atoms with van der Waals surface area (Å²) in [5.41, 5.74) is 0. The molecule has 0 radical (unpaired) electrons. The van der Waals surface area contributed by atoms with E-state index >= 15 is 0 Å². The van der Waals surface area contributed by atoms with E-state index in [1.807, 2.05) is 13.8 Å². The van der Waals surface area contributed by atoms with Crippen LogP contribution in [0.15, 0.2) is 0 Å². The SMILES string of the molecule is CCCC(=O)SSSOCC. The van der Waals surface area contributed by atoms with Crippen LogP contribution in [-0.2, 0) is 8.98 Å². The molecule has 0 spiro atoms. The van der Waals surface area contributed by atoms with E-state index in [2.05, 4.69) is 0 Å². The van der Waals surface area contributed by atoms with E-state index in [0.29, 0.717) is 13.0 Å². The molecule has 0 aliphatic heterocycles. The second-order valence-electron chi connectivity index (χ2n) is 1.75. The highest BCUT2D eigenvalue weighted by Gasteiger charge is 2.01. The molecule has 66 valence electrons. The van der Waals surface area contributed by atoms with Crippen molar-refractivity contribution >= 4 is 36.8 Å². The van der Waals surface area contributed by atoms with Crippen LogP contribution in [0, 0.1) is 0 Å². The summed E-state index contributed by atoms with van der Waals surface area (Å²) in [5, 5.41) is 0.227. The quantitative estimate of drug-likeness (QED) is 0.382. The second kappa shape index (κ2) is 8.77. The predicted octanol–water partition coefficient (Wildman–Crippen LogP) is 3.29. The van der Waals surface area contributed by atoms with Gasteiger partial charge in [0, 0.05) is 16.2 Å². The van der Waals surface area contributed by atoms with Crippen LogP contribution in [0.1, 0.15) is 26.7 Å². The fourth-order valence-electron chi connectivity index (χ4n) is 0.365. The Morgan fingerprint density at radius 2 is 2.18 bits per heavy atom. The molecule has 0 fully saturated rings. The monoisotopic (exact) mass is 212 g/mol. The lowest BCUT2D eigenvalue weighted by Gasteiger charge is -1.96. The summed E-state index contributed by atoms with van der Waals surface area (Å²) in [6.45, 7) is 4.60. The highest BCUT2D eigenvalue weighted by Crippen LogP contribution is 2.36. The summed E-state index contributed by atoms with van der Waals surface area (Å²) in [6, 6.07) is 0. The molecule has 0 aromatic carbocycles. The lowest BCUT2D eigenvalue weighted by molar-refractivity contribution is -0.110. The maximum Gasteiger partial charge on any atom is 0.200 e. The van der Waals surface area contributed by atoms with Crippen molar-refractivity contribution in [2.45, 2.75) is 26.7 Å². The molecule has 0 aromatic rings. The zero-order valence-corrected chi connectivity index (χ0v) is 9.11. The van der Waals surface area contributed by atoms with Crippen LogP contribution in [0.5, 0.6) is 0 Å². The molecule has 0 unspecified atom stereocenters. The molecule has 0 aliphatic rings. The van der Waals surface area contributed by atoms with Gasteiger partial charge in [0.2, 0.25) is 0 Å². The first-order valence-electron chi connectivity index (χ1n) is 3.46. The molecular weight excluding hydrogens is 200 g/mol. The molecule has 2 nitrogen and oxygen atoms in total. The van der Waals surface area contributed by atoms with Gasteiger partial charge in [-0.05, 0) is 24.1 Å². The minimum Gasteiger partial charge on any atom is -0.305 e. The Morgan fingerprint density at radius 1 is 1.45 bits per heavy atom. The zero-order chi connectivity index (χ0) is 8.53. The van der Waals surface area contributed by atoms with Gasteiger partial charge in [-0.25, -0.2) is 0 Å². The van der Waals surface area contributed by atoms with E-state index in [1.165, 1.54) is 31.7 Å². The Labute approximate surface area is 79.2 Å². The van der Waals surface area contributed by atoms with Crippen LogP contribution in [-0.4, -0.2) is 11.7 Å². The summed E-state index contributed by atoms with van der Waals surface area (Å²) in [7, 11) is 2.64. The van der Waals surface area contributed by atoms with Gasteiger partial charge in [-0.15, -0.1) is 0 Å². The normalized spacial score (nSPS) is 10.0. The molecule has 0 atom stereocenters. The molecule has 0 saturated heterocycles. The van der Waals surface area contributed by atoms with Crippen molar-refractivity contribution in [1.29, 1.82) is 0 Å². The maximum atomic E-state index is 10.9. The van der Waals surface area contributed by atoms with E-state index < -0.39 is 0 Å². The van der Waals surface area contributed by atoms with E-state index in [9.17, 15) is 4.79 Å². The molecule has 0 aromatic heterocycles. The topological polar surface area (TPSA) is 26.3 Å². The highest BCUT2D eigenvalue weighted by atomic mass is 33.5. The molecule has 0 rings (SSSR count). The second-order valence-corrected chi connectivity index (χ2v) is 5.42. The number of hydrogen-bond donors (Lipinski definition) is 0. The van der Waals surface area contributed by atoms with Crippen LogP contribution in [0.2, 0.25) is 0 Å². The molecule has 0 bridgehead atoms. The average Bonchev–Trinajstić information content (AvgIpc) is 1.99. The van der Waals surface area contributed by atoms with Gasteiger partial charge in [0.15, 0.2) is 5.12 Å². The molecular formula is C6H12O2S3. The number of carbonyl (C=O) groups is 1. The minimum atomic E-state index is 0.227. The van der Waals surface area contributed by atoms with Crippen LogP contribution in [0.25, 0.3) is 0 Å². The van der Waals surface area contributed by atoms with E-state index in [4.69, 9.17) is 4.18 Å². The maximum absolute atomic E-state index is 10.9. The van der Waals surface area contributed by atoms with Crippen molar-refractivity contribution in [3.63, 3.8) is 0 Å². The predicted molar refractivity (Wildman–Crippen MR) is 54.3 cm³/mol. The van der Waals surface area contributed by atoms with Crippen molar-refractivity contribution < 1.29 is 8.98 Å². The van der Waals surface area contributed by atoms with Crippen LogP contribution in [0.4, 0.5) is 0 Å². The van der Waals surface area contributed by atoms with E-state index in [-0.39, 0.29) is 5.12 Å². The fourth-order valence-corrected chi connectivity index (χ4v) is 3.15. The standard InChI is InChI=1S/C6H12O2S3/c1-3-5-6(7)9-11-10-8-4-2/h3-5H2,1-2H3. The molecule has 0 amide bonds. The van der Waals surface area contributed by atoms with Gasteiger partial charge in [0.25, 0.3) is 0 Å². The number of rotatable bonds is 6. The molecule has 0 heterocycles. The van der Waals surface area contributed by atoms with Crippen molar-refractivity contribution in [2.75, 3.05) is 6.61 Å². The molecule has 0 saturated carbocycles. The third-order valence-corrected chi connectivity index (χ3v) is 3.95. The van der Waals surface area contributed by atoms with Gasteiger partial charge < -0.3 is 4.18 Å². The van der Waals surface area contributed by atoms with Gasteiger partial charge in [-0.1, -0.05) is 6.92 Å². The van der Waals surface area contributed by atoms with Gasteiger partial charge in [0.1, 0.15) is 0 Å². The third-order valence-electron chi connectivity index (χ3n) is 0.775. The van der Waals surface area contributed by atoms with E-state index in [0.717, 1.165) is 6.42 Å². The van der Waals surface area contributed by atoms with Gasteiger partial charge in [-0.3, -0.25) is 4.79 Å². The van der Waals surface area contributed by atoms with Gasteiger partial charge in [-0.2, -0.15) is 0 Å². The Morgan fingerprint density at radius 3 is 2.73 bits per heavy atom. The molecule has 5 heteroatoms. The Balaban J connectivity index is 3.04. The highest BCUT2D eigenvalue weighted by molar-refractivity contribution is 9.11. The Bertz CT molecular complexity index is 108. The van der Waals surface area contributed by atoms with Crippen molar-refractivity contribution in [3.8, 4) is 0 Å². The minimum absolute atomic E-state index is 0.227. The van der Waals surface area contributed by atoms with Crippen molar-refractivity contribution in [3.05, 3.63) is 0 Å². The Hall–Kier alpha value is 0.680. The third kappa shape index (κ3) is 8.59. The van der Waals surface area contributed by atoms with Crippen LogP contribution >= 0.6 is 31.7 Å². The largest absolute Gasteiger partial charge is 0.305 e. The molecule has 0 N–H and O–H groups in total. The molecule has 0 aliphatic carbocycles. The van der Waals surface area contributed by atoms with Crippen molar-refractivity contribution in [1.82, 2.24) is 0 Å². The van der Waals surface area contributed by atoms with E-state index in [1.54, 1.807) is 0 Å². The summed E-state index contributed by atoms with van der Waals surface area (Å²) in [4.78, 5) is 10.9. The lowest BCUT2D eigenvalue weighted by atomic mass is 10.4. The van der Waals surface area contributed by atoms with Crippen LogP contribution < -0.4 is 0 Å². The summed E-state index contributed by atoms with van der Waals surface area (Å²) < 4.78 is 4.97. The Kier molecular flexibility index (Phi) is 9.32. The van der Waals surface area contributed by atoms with Crippen LogP contribution in [0.3, 0.4) is 0 Å². The number of hydrogen-bond acceptors (Lipinski definition) is 5. The summed E-state index contributed by atoms with van der Waals surface area (Å²) in [6.07, 6.45) is 1.58. The number of carbonyl (C=O) groups excluding carboxylic acids is 1. The fraction of sp³-hybridized carbons (Fsp3) is 0.833. The summed E-state index contributed by atoms with van der Waals surface area (Å²) >= 11 is 1.27.